The Balaban J connectivity index is 1.96. The second-order valence-electron chi connectivity index (χ2n) is 4.69. The lowest BCUT2D eigenvalue weighted by Crippen LogP contribution is -2.45. The summed E-state index contributed by atoms with van der Waals surface area (Å²) in [5.74, 6) is -0.172. The van der Waals surface area contributed by atoms with Crippen LogP contribution in [0.2, 0.25) is 0 Å². The largest absolute Gasteiger partial charge is 0.374 e. The van der Waals surface area contributed by atoms with E-state index in [1.54, 1.807) is 11.9 Å². The fourth-order valence-corrected chi connectivity index (χ4v) is 2.07. The van der Waals surface area contributed by atoms with Gasteiger partial charge in [0.05, 0.1) is 17.6 Å². The fraction of sp³-hybridized carbons (Fsp3) is 0.462. The number of likely N-dealkylation sites (N-methyl/N-ethyl adjacent to an activating group) is 1. The molecule has 1 aromatic carbocycles. The smallest absolute Gasteiger partial charge is 0.269 e. The predicted molar refractivity (Wildman–Crippen MR) is 72.7 cm³/mol. The lowest BCUT2D eigenvalue weighted by atomic mass is 10.1. The number of benzene rings is 1. The van der Waals surface area contributed by atoms with Crippen molar-refractivity contribution in [1.29, 1.82) is 0 Å². The predicted octanol–water partition coefficient (Wildman–Crippen LogP) is 0.655. The fourth-order valence-electron chi connectivity index (χ4n) is 2.07. The number of nitro groups is 1. The van der Waals surface area contributed by atoms with Gasteiger partial charge in [-0.15, -0.1) is 0 Å². The summed E-state index contributed by atoms with van der Waals surface area (Å²) in [7, 11) is 1.70. The third-order valence-electron chi connectivity index (χ3n) is 3.15. The van der Waals surface area contributed by atoms with Crippen molar-refractivity contribution in [3.8, 4) is 0 Å². The molecule has 1 aliphatic rings. The van der Waals surface area contributed by atoms with E-state index < -0.39 is 4.92 Å². The quantitative estimate of drug-likeness (QED) is 0.646. The Kier molecular flexibility index (Phi) is 4.65. The molecule has 0 radical (unpaired) electrons. The van der Waals surface area contributed by atoms with Crippen molar-refractivity contribution < 1.29 is 14.5 Å². The summed E-state index contributed by atoms with van der Waals surface area (Å²) in [6.07, 6.45) is -0.0178. The van der Waals surface area contributed by atoms with E-state index in [1.165, 1.54) is 24.3 Å². The molecule has 1 aromatic rings. The molecule has 0 aromatic heterocycles. The van der Waals surface area contributed by atoms with E-state index in [-0.39, 0.29) is 17.7 Å². The second-order valence-corrected chi connectivity index (χ2v) is 4.69. The highest BCUT2D eigenvalue weighted by Gasteiger charge is 2.20. The van der Waals surface area contributed by atoms with E-state index >= 15 is 0 Å². The van der Waals surface area contributed by atoms with Gasteiger partial charge in [-0.2, -0.15) is 0 Å². The maximum absolute atomic E-state index is 12.2. The molecule has 1 heterocycles. The van der Waals surface area contributed by atoms with E-state index in [0.29, 0.717) is 18.7 Å². The summed E-state index contributed by atoms with van der Waals surface area (Å²) in [5.41, 5.74) is 0.408. The molecule has 7 heteroatoms. The van der Waals surface area contributed by atoms with Crippen molar-refractivity contribution in [1.82, 2.24) is 10.2 Å². The molecule has 7 nitrogen and oxygen atoms in total. The molecular formula is C13H17N3O4. The van der Waals surface area contributed by atoms with Crippen LogP contribution in [0.3, 0.4) is 0 Å². The zero-order valence-electron chi connectivity index (χ0n) is 11.2. The number of rotatable bonds is 4. The molecule has 1 amide bonds. The highest BCUT2D eigenvalue weighted by Crippen LogP contribution is 2.13. The van der Waals surface area contributed by atoms with Crippen molar-refractivity contribution in [2.24, 2.45) is 0 Å². The van der Waals surface area contributed by atoms with Gasteiger partial charge >= 0.3 is 0 Å². The van der Waals surface area contributed by atoms with Gasteiger partial charge in [0.25, 0.3) is 11.6 Å². The number of non-ortho nitro benzene ring substituents is 1. The van der Waals surface area contributed by atoms with Gasteiger partial charge in [0.1, 0.15) is 0 Å². The average Bonchev–Trinajstić information content (AvgIpc) is 2.47. The van der Waals surface area contributed by atoms with Crippen LogP contribution >= 0.6 is 0 Å². The average molecular weight is 279 g/mol. The van der Waals surface area contributed by atoms with Gasteiger partial charge in [-0.3, -0.25) is 14.9 Å². The Morgan fingerprint density at radius 3 is 2.75 bits per heavy atom. The first kappa shape index (κ1) is 14.4. The van der Waals surface area contributed by atoms with Crippen LogP contribution in [-0.2, 0) is 4.74 Å². The minimum atomic E-state index is -0.487. The number of hydrogen-bond acceptors (Lipinski definition) is 5. The molecule has 2 rings (SSSR count). The normalized spacial score (nSPS) is 18.6. The summed E-state index contributed by atoms with van der Waals surface area (Å²) in [6.45, 7) is 2.68. The van der Waals surface area contributed by atoms with Crippen LogP contribution in [0.15, 0.2) is 24.3 Å². The summed E-state index contributed by atoms with van der Waals surface area (Å²) in [4.78, 5) is 23.8. The molecule has 108 valence electrons. The molecule has 0 saturated carbocycles. The van der Waals surface area contributed by atoms with Crippen LogP contribution in [0.1, 0.15) is 10.4 Å². The van der Waals surface area contributed by atoms with Crippen molar-refractivity contribution in [3.05, 3.63) is 39.9 Å². The minimum Gasteiger partial charge on any atom is -0.374 e. The molecule has 0 aliphatic carbocycles. The van der Waals surface area contributed by atoms with Crippen molar-refractivity contribution >= 4 is 11.6 Å². The second kappa shape index (κ2) is 6.44. The zero-order chi connectivity index (χ0) is 14.5. The van der Waals surface area contributed by atoms with Crippen LogP contribution in [0.5, 0.6) is 0 Å². The third-order valence-corrected chi connectivity index (χ3v) is 3.15. The Hall–Kier alpha value is -1.99. The molecule has 1 saturated heterocycles. The maximum atomic E-state index is 12.2. The Labute approximate surface area is 116 Å². The highest BCUT2D eigenvalue weighted by molar-refractivity contribution is 5.94. The van der Waals surface area contributed by atoms with Crippen LogP contribution < -0.4 is 5.32 Å². The van der Waals surface area contributed by atoms with Gasteiger partial charge in [-0.25, -0.2) is 0 Å². The van der Waals surface area contributed by atoms with Crippen molar-refractivity contribution in [2.45, 2.75) is 6.10 Å². The zero-order valence-corrected chi connectivity index (χ0v) is 11.2. The molecule has 1 unspecified atom stereocenters. The molecule has 1 N–H and O–H groups in total. The van der Waals surface area contributed by atoms with Crippen LogP contribution in [-0.4, -0.2) is 55.1 Å². The first-order valence-corrected chi connectivity index (χ1v) is 6.40. The summed E-state index contributed by atoms with van der Waals surface area (Å²) < 4.78 is 5.54. The number of ether oxygens (including phenoxy) is 1. The van der Waals surface area contributed by atoms with Crippen molar-refractivity contribution in [3.63, 3.8) is 0 Å². The van der Waals surface area contributed by atoms with E-state index in [0.717, 1.165) is 13.1 Å². The van der Waals surface area contributed by atoms with Crippen LogP contribution in [0.25, 0.3) is 0 Å². The van der Waals surface area contributed by atoms with Crippen molar-refractivity contribution in [2.75, 3.05) is 33.3 Å². The molecule has 1 atom stereocenters. The number of amides is 1. The summed E-state index contributed by atoms with van der Waals surface area (Å²) in [5, 5.41) is 13.8. The number of carbonyl (C=O) groups excluding carboxylic acids is 1. The van der Waals surface area contributed by atoms with E-state index in [1.807, 2.05) is 0 Å². The van der Waals surface area contributed by atoms with Gasteiger partial charge in [0.2, 0.25) is 0 Å². The first-order valence-electron chi connectivity index (χ1n) is 6.40. The lowest BCUT2D eigenvalue weighted by molar-refractivity contribution is -0.384. The molecule has 1 fully saturated rings. The minimum absolute atomic E-state index is 0.0178. The standard InChI is InChI=1S/C13H17N3O4/c1-15(9-12-8-14-6-7-20-12)13(17)10-2-4-11(5-3-10)16(18)19/h2-5,12,14H,6-9H2,1H3. The Morgan fingerprint density at radius 2 is 2.20 bits per heavy atom. The number of nitrogens with one attached hydrogen (secondary N) is 1. The number of carbonyl (C=O) groups is 1. The Morgan fingerprint density at radius 1 is 1.50 bits per heavy atom. The maximum Gasteiger partial charge on any atom is 0.269 e. The molecule has 0 bridgehead atoms. The summed E-state index contributed by atoms with van der Waals surface area (Å²) in [6, 6.07) is 5.60. The van der Waals surface area contributed by atoms with Gasteiger partial charge in [-0.1, -0.05) is 0 Å². The van der Waals surface area contributed by atoms with Gasteiger partial charge in [0.15, 0.2) is 0 Å². The number of morpholine rings is 1. The number of nitro benzene ring substituents is 1. The number of nitrogens with zero attached hydrogens (tertiary/aromatic N) is 2. The van der Waals surface area contributed by atoms with Crippen LogP contribution in [0, 0.1) is 10.1 Å². The third kappa shape index (κ3) is 3.52. The number of hydrogen-bond donors (Lipinski definition) is 1. The lowest BCUT2D eigenvalue weighted by Gasteiger charge is -2.28. The van der Waals surface area contributed by atoms with Gasteiger partial charge < -0.3 is 15.0 Å². The molecule has 0 spiro atoms. The molecular weight excluding hydrogens is 262 g/mol. The topological polar surface area (TPSA) is 84.7 Å². The molecule has 20 heavy (non-hydrogen) atoms. The van der Waals surface area contributed by atoms with Gasteiger partial charge in [-0.05, 0) is 12.1 Å². The highest BCUT2D eigenvalue weighted by atomic mass is 16.6. The Bertz CT molecular complexity index is 483. The monoisotopic (exact) mass is 279 g/mol. The van der Waals surface area contributed by atoms with E-state index in [4.69, 9.17) is 4.74 Å². The van der Waals surface area contributed by atoms with E-state index in [2.05, 4.69) is 5.32 Å². The molecule has 1 aliphatic heterocycles. The van der Waals surface area contributed by atoms with E-state index in [9.17, 15) is 14.9 Å². The van der Waals surface area contributed by atoms with Gasteiger partial charge in [0, 0.05) is 44.4 Å². The first-order chi connectivity index (χ1) is 9.58. The summed E-state index contributed by atoms with van der Waals surface area (Å²) >= 11 is 0. The SMILES string of the molecule is CN(CC1CNCCO1)C(=O)c1ccc([N+](=O)[O-])cc1. The van der Waals surface area contributed by atoms with Crippen LogP contribution in [0.4, 0.5) is 5.69 Å².